The van der Waals surface area contributed by atoms with Gasteiger partial charge >= 0.3 is 0 Å². The van der Waals surface area contributed by atoms with Crippen molar-refractivity contribution >= 4 is 0 Å². The number of hydrogen-bond donors (Lipinski definition) is 0. The molecule has 0 amide bonds. The van der Waals surface area contributed by atoms with E-state index in [-0.39, 0.29) is 0 Å². The van der Waals surface area contributed by atoms with E-state index in [1.165, 1.54) is 38.8 Å². The second-order valence-corrected chi connectivity index (χ2v) is 6.99. The van der Waals surface area contributed by atoms with Crippen LogP contribution >= 0.6 is 0 Å². The predicted octanol–water partition coefficient (Wildman–Crippen LogP) is 4.18. The molecule has 126 valence electrons. The normalized spacial score (nSPS) is 11.9. The molecule has 0 aromatic heterocycles. The van der Waals surface area contributed by atoms with Gasteiger partial charge in [0.1, 0.15) is 0 Å². The summed E-state index contributed by atoms with van der Waals surface area (Å²) in [5, 5.41) is 0. The number of rotatable bonds is 15. The van der Waals surface area contributed by atoms with Crippen LogP contribution in [-0.4, -0.2) is 62.3 Å². The van der Waals surface area contributed by atoms with E-state index in [4.69, 9.17) is 0 Å². The fraction of sp³-hybridized carbons (Fsp3) is 0.600. The fourth-order valence-corrected chi connectivity index (χ4v) is 3.10. The van der Waals surface area contributed by atoms with Crippen molar-refractivity contribution in [3.05, 3.63) is 50.6 Å². The van der Waals surface area contributed by atoms with Crippen LogP contribution in [0.5, 0.6) is 0 Å². The molecular weight excluding hydrogens is 268 g/mol. The van der Waals surface area contributed by atoms with Gasteiger partial charge in [-0.25, -0.2) is 0 Å². The molecule has 0 rings (SSSR count). The van der Waals surface area contributed by atoms with Crippen LogP contribution in [0.2, 0.25) is 0 Å². The van der Waals surface area contributed by atoms with Gasteiger partial charge in [0.05, 0.1) is 53.4 Å². The van der Waals surface area contributed by atoms with E-state index < -0.39 is 0 Å². The summed E-state index contributed by atoms with van der Waals surface area (Å²) in [7, 11) is 4.59. The van der Waals surface area contributed by atoms with Crippen LogP contribution in [0.25, 0.3) is 0 Å². The summed E-state index contributed by atoms with van der Waals surface area (Å²) in [5.74, 6) is 0. The number of quaternary nitrogens is 2. The monoisotopic (exact) mass is 306 g/mol. The minimum atomic E-state index is 1.03. The predicted molar refractivity (Wildman–Crippen MR) is 101 cm³/mol. The summed E-state index contributed by atoms with van der Waals surface area (Å²) >= 11 is 0. The van der Waals surface area contributed by atoms with Crippen LogP contribution in [0, 0.1) is 0 Å². The molecule has 0 aliphatic carbocycles. The molecular formula is C20H38N2+2. The average Bonchev–Trinajstić information content (AvgIpc) is 2.44. The zero-order valence-electron chi connectivity index (χ0n) is 15.1. The lowest BCUT2D eigenvalue weighted by Crippen LogP contribution is -2.45. The van der Waals surface area contributed by atoms with Gasteiger partial charge in [0.15, 0.2) is 0 Å². The molecule has 0 radical (unpaired) electrons. The third-order valence-electron chi connectivity index (χ3n) is 4.43. The van der Waals surface area contributed by atoms with Crippen molar-refractivity contribution in [1.29, 1.82) is 0 Å². The second-order valence-electron chi connectivity index (χ2n) is 6.99. The molecule has 0 heterocycles. The van der Waals surface area contributed by atoms with Gasteiger partial charge in [-0.05, 0) is 50.0 Å². The second kappa shape index (κ2) is 11.4. The van der Waals surface area contributed by atoms with E-state index in [1.807, 2.05) is 24.3 Å². The zero-order valence-corrected chi connectivity index (χ0v) is 15.1. The summed E-state index contributed by atoms with van der Waals surface area (Å²) in [6.45, 7) is 22.1. The van der Waals surface area contributed by atoms with Crippen molar-refractivity contribution in [3.8, 4) is 0 Å². The van der Waals surface area contributed by atoms with E-state index in [9.17, 15) is 0 Å². The molecule has 0 aromatic carbocycles. The number of nitrogens with zero attached hydrogens (tertiary/aromatic N) is 2. The molecule has 0 saturated carbocycles. The van der Waals surface area contributed by atoms with Crippen molar-refractivity contribution < 1.29 is 8.97 Å². The molecule has 0 unspecified atom stereocenters. The summed E-state index contributed by atoms with van der Waals surface area (Å²) < 4.78 is 2.07. The molecule has 0 aliphatic heterocycles. The minimum Gasteiger partial charge on any atom is -0.320 e. The molecule has 0 spiro atoms. The maximum Gasteiger partial charge on any atom is 0.0971 e. The summed E-state index contributed by atoms with van der Waals surface area (Å²) in [4.78, 5) is 0. The van der Waals surface area contributed by atoms with Crippen molar-refractivity contribution in [2.75, 3.05) is 53.4 Å². The Labute approximate surface area is 139 Å². The molecule has 0 N–H and O–H groups in total. The Morgan fingerprint density at radius 3 is 1.05 bits per heavy atom. The quantitative estimate of drug-likeness (QED) is 0.242. The first kappa shape index (κ1) is 20.9. The van der Waals surface area contributed by atoms with Gasteiger partial charge < -0.3 is 8.97 Å². The first-order valence-corrected chi connectivity index (χ1v) is 8.56. The Hall–Kier alpha value is -1.12. The molecule has 0 aliphatic rings. The van der Waals surface area contributed by atoms with Crippen molar-refractivity contribution in [1.82, 2.24) is 0 Å². The summed E-state index contributed by atoms with van der Waals surface area (Å²) in [6, 6.07) is 0. The molecule has 2 heteroatoms. The van der Waals surface area contributed by atoms with E-state index in [1.54, 1.807) is 0 Å². The number of unbranched alkanes of at least 4 members (excludes halogenated alkanes) is 3. The summed E-state index contributed by atoms with van der Waals surface area (Å²) in [5.41, 5.74) is 0. The third-order valence-corrected chi connectivity index (χ3v) is 4.43. The van der Waals surface area contributed by atoms with E-state index in [0.717, 1.165) is 35.1 Å². The van der Waals surface area contributed by atoms with Gasteiger partial charge in [0, 0.05) is 0 Å². The average molecular weight is 307 g/mol. The maximum atomic E-state index is 3.88. The van der Waals surface area contributed by atoms with Gasteiger partial charge in [-0.1, -0.05) is 26.3 Å². The minimum absolute atomic E-state index is 1.03. The zero-order chi connectivity index (χ0) is 16.9. The van der Waals surface area contributed by atoms with Crippen molar-refractivity contribution in [2.45, 2.75) is 25.7 Å². The summed E-state index contributed by atoms with van der Waals surface area (Å²) in [6.07, 6.45) is 13.3. The largest absolute Gasteiger partial charge is 0.320 e. The SMILES string of the molecule is C=CC[N+](C)(CC=C)CCCCCC[N+](C)(CC=C)CC=C. The standard InChI is InChI=1S/C20H38N2/c1-7-15-21(5,16-8-2)19-13-11-12-14-20-22(6,17-9-3)18-10-4/h7-10H,1-4,11-20H2,5-6H3/q+2. The molecule has 2 nitrogen and oxygen atoms in total. The molecule has 0 bridgehead atoms. The first-order chi connectivity index (χ1) is 10.4. The van der Waals surface area contributed by atoms with Crippen LogP contribution in [0.3, 0.4) is 0 Å². The Morgan fingerprint density at radius 1 is 0.545 bits per heavy atom. The Bertz CT molecular complexity index is 290. The van der Waals surface area contributed by atoms with Crippen LogP contribution in [-0.2, 0) is 0 Å². The van der Waals surface area contributed by atoms with Crippen LogP contribution < -0.4 is 0 Å². The van der Waals surface area contributed by atoms with Gasteiger partial charge in [-0.2, -0.15) is 0 Å². The molecule has 22 heavy (non-hydrogen) atoms. The van der Waals surface area contributed by atoms with Crippen molar-refractivity contribution in [3.63, 3.8) is 0 Å². The molecule has 0 fully saturated rings. The Kier molecular flexibility index (Phi) is 10.9. The van der Waals surface area contributed by atoms with Gasteiger partial charge in [0.2, 0.25) is 0 Å². The van der Waals surface area contributed by atoms with Gasteiger partial charge in [-0.3, -0.25) is 0 Å². The third kappa shape index (κ3) is 9.01. The molecule has 0 atom stereocenters. The fourth-order valence-electron chi connectivity index (χ4n) is 3.10. The van der Waals surface area contributed by atoms with E-state index >= 15 is 0 Å². The lowest BCUT2D eigenvalue weighted by molar-refractivity contribution is -0.899. The topological polar surface area (TPSA) is 0 Å². The Morgan fingerprint density at radius 2 is 0.818 bits per heavy atom. The van der Waals surface area contributed by atoms with Crippen molar-refractivity contribution in [2.24, 2.45) is 0 Å². The number of likely N-dealkylation sites (N-methyl/N-ethyl adjacent to an activating group) is 2. The smallest absolute Gasteiger partial charge is 0.0971 e. The van der Waals surface area contributed by atoms with Crippen LogP contribution in [0.15, 0.2) is 50.6 Å². The highest BCUT2D eigenvalue weighted by Gasteiger charge is 2.18. The van der Waals surface area contributed by atoms with E-state index in [2.05, 4.69) is 40.4 Å². The number of hydrogen-bond acceptors (Lipinski definition) is 0. The van der Waals surface area contributed by atoms with Crippen LogP contribution in [0.1, 0.15) is 25.7 Å². The lowest BCUT2D eigenvalue weighted by atomic mass is 10.1. The van der Waals surface area contributed by atoms with Gasteiger partial charge in [-0.15, -0.1) is 0 Å². The highest BCUT2D eigenvalue weighted by atomic mass is 15.3. The maximum absolute atomic E-state index is 3.88. The lowest BCUT2D eigenvalue weighted by Gasteiger charge is -2.33. The highest BCUT2D eigenvalue weighted by molar-refractivity contribution is 4.72. The highest BCUT2D eigenvalue weighted by Crippen LogP contribution is 2.11. The van der Waals surface area contributed by atoms with Gasteiger partial charge in [0.25, 0.3) is 0 Å². The first-order valence-electron chi connectivity index (χ1n) is 8.56. The Balaban J connectivity index is 4.00. The molecule has 0 saturated heterocycles. The molecule has 0 aromatic rings. The van der Waals surface area contributed by atoms with E-state index in [0.29, 0.717) is 0 Å². The van der Waals surface area contributed by atoms with Crippen LogP contribution in [0.4, 0.5) is 0 Å².